The molecule has 0 spiro atoms. The Morgan fingerprint density at radius 1 is 1.42 bits per heavy atom. The molecule has 0 saturated carbocycles. The Morgan fingerprint density at radius 3 is 3.00 bits per heavy atom. The molecule has 1 heterocycles. The smallest absolute Gasteiger partial charge is 0.230 e. The fourth-order valence-electron chi connectivity index (χ4n) is 1.36. The molecule has 0 aliphatic heterocycles. The van der Waals surface area contributed by atoms with Crippen molar-refractivity contribution >= 4 is 40.9 Å². The molecule has 7 heteroatoms. The van der Waals surface area contributed by atoms with E-state index < -0.39 is 0 Å². The summed E-state index contributed by atoms with van der Waals surface area (Å²) in [5.41, 5.74) is 0.860. The Balaban J connectivity index is 1.81. The summed E-state index contributed by atoms with van der Waals surface area (Å²) in [5.74, 6) is 0.212. The van der Waals surface area contributed by atoms with E-state index in [4.69, 9.17) is 23.2 Å². The topological polar surface area (TPSA) is 57.8 Å². The first-order chi connectivity index (χ1) is 9.15. The third kappa shape index (κ3) is 4.45. The van der Waals surface area contributed by atoms with Gasteiger partial charge in [-0.2, -0.15) is 0 Å². The molecule has 2 aromatic rings. The number of benzene rings is 1. The summed E-state index contributed by atoms with van der Waals surface area (Å²) in [6.07, 6.45) is 3.24. The standard InChI is InChI=1S/C12H11Cl2N3OS/c13-8-1-2-10(14)11(3-8)19-6-12(18)16-5-9-4-15-7-17-9/h1-4,7H,5-6H2,(H,15,17)(H,16,18). The van der Waals surface area contributed by atoms with E-state index in [1.165, 1.54) is 11.8 Å². The van der Waals surface area contributed by atoms with Crippen molar-refractivity contribution < 1.29 is 4.79 Å². The van der Waals surface area contributed by atoms with Crippen LogP contribution in [0.25, 0.3) is 0 Å². The molecule has 0 bridgehead atoms. The molecule has 2 N–H and O–H groups in total. The van der Waals surface area contributed by atoms with Crippen molar-refractivity contribution in [3.8, 4) is 0 Å². The van der Waals surface area contributed by atoms with E-state index in [1.54, 1.807) is 30.7 Å². The Morgan fingerprint density at radius 2 is 2.26 bits per heavy atom. The largest absolute Gasteiger partial charge is 0.350 e. The third-order valence-electron chi connectivity index (χ3n) is 2.28. The number of amides is 1. The average Bonchev–Trinajstić information content (AvgIpc) is 2.90. The van der Waals surface area contributed by atoms with Gasteiger partial charge in [-0.25, -0.2) is 4.98 Å². The summed E-state index contributed by atoms with van der Waals surface area (Å²) in [6, 6.07) is 5.18. The molecule has 0 unspecified atom stereocenters. The van der Waals surface area contributed by atoms with E-state index in [2.05, 4.69) is 15.3 Å². The zero-order valence-corrected chi connectivity index (χ0v) is 12.1. The van der Waals surface area contributed by atoms with Gasteiger partial charge in [-0.3, -0.25) is 4.79 Å². The van der Waals surface area contributed by atoms with Crippen LogP contribution in [0, 0.1) is 0 Å². The second-order valence-electron chi connectivity index (χ2n) is 3.72. The van der Waals surface area contributed by atoms with Crippen molar-refractivity contribution in [1.82, 2.24) is 15.3 Å². The Hall–Kier alpha value is -1.17. The second kappa shape index (κ2) is 6.84. The number of hydrogen-bond donors (Lipinski definition) is 2. The average molecular weight is 316 g/mol. The number of thioether (sulfide) groups is 1. The molecule has 100 valence electrons. The van der Waals surface area contributed by atoms with Crippen LogP contribution in [-0.2, 0) is 11.3 Å². The summed E-state index contributed by atoms with van der Waals surface area (Å²) in [6.45, 7) is 0.433. The zero-order valence-electron chi connectivity index (χ0n) is 9.82. The first-order valence-electron chi connectivity index (χ1n) is 5.47. The normalized spacial score (nSPS) is 10.4. The highest BCUT2D eigenvalue weighted by atomic mass is 35.5. The summed E-state index contributed by atoms with van der Waals surface area (Å²) < 4.78 is 0. The Kier molecular flexibility index (Phi) is 5.13. The van der Waals surface area contributed by atoms with Crippen molar-refractivity contribution in [3.63, 3.8) is 0 Å². The van der Waals surface area contributed by atoms with Gasteiger partial charge in [0.05, 0.1) is 29.3 Å². The number of nitrogens with zero attached hydrogens (tertiary/aromatic N) is 1. The zero-order chi connectivity index (χ0) is 13.7. The summed E-state index contributed by atoms with van der Waals surface area (Å²) >= 11 is 13.2. The van der Waals surface area contributed by atoms with E-state index >= 15 is 0 Å². The number of imidazole rings is 1. The summed E-state index contributed by atoms with van der Waals surface area (Å²) in [5, 5.41) is 3.98. The van der Waals surface area contributed by atoms with Crippen LogP contribution in [0.15, 0.2) is 35.6 Å². The van der Waals surface area contributed by atoms with Crippen LogP contribution in [0.2, 0.25) is 10.0 Å². The molecular weight excluding hydrogens is 305 g/mol. The van der Waals surface area contributed by atoms with Crippen molar-refractivity contribution in [2.75, 3.05) is 5.75 Å². The van der Waals surface area contributed by atoms with E-state index in [1.807, 2.05) is 0 Å². The number of hydrogen-bond acceptors (Lipinski definition) is 3. The minimum absolute atomic E-state index is 0.0735. The maximum Gasteiger partial charge on any atom is 0.230 e. The van der Waals surface area contributed by atoms with Gasteiger partial charge in [0, 0.05) is 16.1 Å². The van der Waals surface area contributed by atoms with Crippen LogP contribution in [0.3, 0.4) is 0 Å². The number of aromatic nitrogens is 2. The number of H-pyrrole nitrogens is 1. The van der Waals surface area contributed by atoms with Gasteiger partial charge in [-0.1, -0.05) is 23.2 Å². The summed E-state index contributed by atoms with van der Waals surface area (Å²) in [7, 11) is 0. The number of aromatic amines is 1. The molecule has 0 radical (unpaired) electrons. The van der Waals surface area contributed by atoms with Crippen LogP contribution in [0.1, 0.15) is 5.69 Å². The van der Waals surface area contributed by atoms with Gasteiger partial charge in [0.2, 0.25) is 5.91 Å². The first-order valence-corrected chi connectivity index (χ1v) is 7.21. The highest BCUT2D eigenvalue weighted by Gasteiger charge is 2.06. The van der Waals surface area contributed by atoms with Gasteiger partial charge in [0.25, 0.3) is 0 Å². The molecule has 0 saturated heterocycles. The predicted octanol–water partition coefficient (Wildman–Crippen LogP) is 3.13. The molecule has 1 aromatic carbocycles. The predicted molar refractivity (Wildman–Crippen MR) is 77.6 cm³/mol. The molecular formula is C12H11Cl2N3OS. The van der Waals surface area contributed by atoms with Gasteiger partial charge < -0.3 is 10.3 Å². The second-order valence-corrected chi connectivity index (χ2v) is 5.58. The van der Waals surface area contributed by atoms with Crippen molar-refractivity contribution in [1.29, 1.82) is 0 Å². The van der Waals surface area contributed by atoms with Gasteiger partial charge in [0.15, 0.2) is 0 Å². The number of carbonyl (C=O) groups is 1. The maximum absolute atomic E-state index is 11.7. The van der Waals surface area contributed by atoms with E-state index in [-0.39, 0.29) is 11.7 Å². The Labute approximate surface area is 124 Å². The highest BCUT2D eigenvalue weighted by molar-refractivity contribution is 8.00. The number of carbonyl (C=O) groups excluding carboxylic acids is 1. The minimum Gasteiger partial charge on any atom is -0.350 e. The lowest BCUT2D eigenvalue weighted by molar-refractivity contribution is -0.118. The third-order valence-corrected chi connectivity index (χ3v) is 4.01. The fourth-order valence-corrected chi connectivity index (χ4v) is 2.68. The molecule has 19 heavy (non-hydrogen) atoms. The number of halogens is 2. The van der Waals surface area contributed by atoms with E-state index in [0.29, 0.717) is 16.6 Å². The summed E-state index contributed by atoms with van der Waals surface area (Å²) in [4.78, 5) is 19.2. The number of nitrogens with one attached hydrogen (secondary N) is 2. The van der Waals surface area contributed by atoms with Crippen LogP contribution >= 0.6 is 35.0 Å². The van der Waals surface area contributed by atoms with Crippen LogP contribution in [0.5, 0.6) is 0 Å². The fraction of sp³-hybridized carbons (Fsp3) is 0.167. The van der Waals surface area contributed by atoms with Gasteiger partial charge >= 0.3 is 0 Å². The molecule has 4 nitrogen and oxygen atoms in total. The van der Waals surface area contributed by atoms with Crippen molar-refractivity contribution in [3.05, 3.63) is 46.5 Å². The van der Waals surface area contributed by atoms with E-state index in [0.717, 1.165) is 10.6 Å². The highest BCUT2D eigenvalue weighted by Crippen LogP contribution is 2.29. The molecule has 0 fully saturated rings. The van der Waals surface area contributed by atoms with Gasteiger partial charge in [0.1, 0.15) is 0 Å². The lowest BCUT2D eigenvalue weighted by Gasteiger charge is -2.05. The molecule has 1 aromatic heterocycles. The maximum atomic E-state index is 11.7. The molecule has 0 aliphatic rings. The molecule has 2 rings (SSSR count). The van der Waals surface area contributed by atoms with Gasteiger partial charge in [-0.05, 0) is 18.2 Å². The monoisotopic (exact) mass is 315 g/mol. The minimum atomic E-state index is -0.0735. The van der Waals surface area contributed by atoms with Crippen LogP contribution < -0.4 is 5.32 Å². The molecule has 0 atom stereocenters. The van der Waals surface area contributed by atoms with Crippen molar-refractivity contribution in [2.24, 2.45) is 0 Å². The van der Waals surface area contributed by atoms with Gasteiger partial charge in [-0.15, -0.1) is 11.8 Å². The molecule has 1 amide bonds. The van der Waals surface area contributed by atoms with Crippen LogP contribution in [0.4, 0.5) is 0 Å². The Bertz CT molecular complexity index is 560. The van der Waals surface area contributed by atoms with Crippen LogP contribution in [-0.4, -0.2) is 21.6 Å². The van der Waals surface area contributed by atoms with E-state index in [9.17, 15) is 4.79 Å². The SMILES string of the molecule is O=C(CSc1cc(Cl)ccc1Cl)NCc1cnc[nH]1. The first kappa shape index (κ1) is 14.2. The van der Waals surface area contributed by atoms with Crippen molar-refractivity contribution in [2.45, 2.75) is 11.4 Å². The lowest BCUT2D eigenvalue weighted by Crippen LogP contribution is -2.24. The lowest BCUT2D eigenvalue weighted by atomic mass is 10.4. The molecule has 0 aliphatic carbocycles. The quantitative estimate of drug-likeness (QED) is 0.833. The number of rotatable bonds is 5.